The van der Waals surface area contributed by atoms with Gasteiger partial charge in [-0.1, -0.05) is 6.07 Å². The summed E-state index contributed by atoms with van der Waals surface area (Å²) in [5.74, 6) is 0.680. The molecule has 1 fully saturated rings. The lowest BCUT2D eigenvalue weighted by Gasteiger charge is -2.35. The summed E-state index contributed by atoms with van der Waals surface area (Å²) in [6, 6.07) is 6.54. The average molecular weight is 248 g/mol. The Morgan fingerprint density at radius 1 is 1.44 bits per heavy atom. The zero-order valence-electron chi connectivity index (χ0n) is 11.2. The lowest BCUT2D eigenvalue weighted by atomic mass is 9.87. The fraction of sp³-hybridized carbons (Fsp3) is 0.643. The van der Waals surface area contributed by atoms with E-state index in [1.165, 1.54) is 12.8 Å². The minimum Gasteiger partial charge on any atom is -0.329 e. The summed E-state index contributed by atoms with van der Waals surface area (Å²) in [5.41, 5.74) is 6.77. The molecule has 0 spiro atoms. The van der Waals surface area contributed by atoms with E-state index in [2.05, 4.69) is 27.3 Å². The maximum absolute atomic E-state index is 5.61. The van der Waals surface area contributed by atoms with E-state index in [-0.39, 0.29) is 0 Å². The van der Waals surface area contributed by atoms with E-state index in [1.54, 1.807) is 0 Å². The quantitative estimate of drug-likeness (QED) is 0.816. The second-order valence-corrected chi connectivity index (χ2v) is 4.99. The fourth-order valence-corrected chi connectivity index (χ4v) is 2.88. The molecule has 0 aromatic carbocycles. The summed E-state index contributed by atoms with van der Waals surface area (Å²) in [6.07, 6.45) is 4.33. The van der Waals surface area contributed by atoms with Gasteiger partial charge in [-0.25, -0.2) is 0 Å². The van der Waals surface area contributed by atoms with Crippen LogP contribution in [0.2, 0.25) is 0 Å². The van der Waals surface area contributed by atoms with Gasteiger partial charge in [-0.15, -0.1) is 0 Å². The molecule has 0 saturated carbocycles. The van der Waals surface area contributed by atoms with Gasteiger partial charge in [0.25, 0.3) is 0 Å². The minimum absolute atomic E-state index is 0.381. The molecule has 1 aliphatic rings. The molecule has 18 heavy (non-hydrogen) atoms. The van der Waals surface area contributed by atoms with Crippen molar-refractivity contribution < 1.29 is 0 Å². The Kier molecular flexibility index (Phi) is 5.11. The van der Waals surface area contributed by atoms with Gasteiger partial charge in [0, 0.05) is 19.3 Å². The summed E-state index contributed by atoms with van der Waals surface area (Å²) < 4.78 is 0. The van der Waals surface area contributed by atoms with E-state index >= 15 is 0 Å². The highest BCUT2D eigenvalue weighted by Crippen LogP contribution is 2.29. The SMILES string of the molecule is CNC(c1ccccn1)C1CCN(CCN)CC1. The van der Waals surface area contributed by atoms with Crippen molar-refractivity contribution in [2.24, 2.45) is 11.7 Å². The smallest absolute Gasteiger partial charge is 0.0575 e. The molecule has 0 aliphatic carbocycles. The van der Waals surface area contributed by atoms with Gasteiger partial charge >= 0.3 is 0 Å². The second-order valence-electron chi connectivity index (χ2n) is 4.99. The maximum Gasteiger partial charge on any atom is 0.0575 e. The lowest BCUT2D eigenvalue weighted by molar-refractivity contribution is 0.163. The van der Waals surface area contributed by atoms with Crippen molar-refractivity contribution in [2.75, 3.05) is 33.2 Å². The van der Waals surface area contributed by atoms with Gasteiger partial charge in [0.15, 0.2) is 0 Å². The minimum atomic E-state index is 0.381. The number of hydrogen-bond acceptors (Lipinski definition) is 4. The number of hydrogen-bond donors (Lipinski definition) is 2. The van der Waals surface area contributed by atoms with Crippen LogP contribution in [-0.4, -0.2) is 43.1 Å². The van der Waals surface area contributed by atoms with Gasteiger partial charge in [-0.2, -0.15) is 0 Å². The Bertz CT molecular complexity index is 333. The zero-order chi connectivity index (χ0) is 12.8. The van der Waals surface area contributed by atoms with E-state index in [9.17, 15) is 0 Å². The Labute approximate surface area is 110 Å². The van der Waals surface area contributed by atoms with Crippen molar-refractivity contribution in [3.8, 4) is 0 Å². The predicted octanol–water partition coefficient (Wildman–Crippen LogP) is 1.01. The van der Waals surface area contributed by atoms with E-state index in [1.807, 2.05) is 19.3 Å². The standard InChI is InChI=1S/C14H24N4/c1-16-14(13-4-2-3-8-17-13)12-5-9-18(10-6-12)11-7-15/h2-4,8,12,14,16H,5-7,9-11,15H2,1H3. The molecule has 1 aromatic heterocycles. The molecule has 0 bridgehead atoms. The van der Waals surface area contributed by atoms with Crippen LogP contribution in [0.25, 0.3) is 0 Å². The van der Waals surface area contributed by atoms with Gasteiger partial charge in [-0.3, -0.25) is 4.98 Å². The first-order valence-corrected chi connectivity index (χ1v) is 6.85. The molecule has 1 aromatic rings. The molecule has 1 saturated heterocycles. The summed E-state index contributed by atoms with van der Waals surface area (Å²) in [6.45, 7) is 4.11. The lowest BCUT2D eigenvalue weighted by Crippen LogP contribution is -2.40. The number of likely N-dealkylation sites (tertiary alicyclic amines) is 1. The molecular formula is C14H24N4. The molecule has 0 amide bonds. The van der Waals surface area contributed by atoms with Crippen molar-refractivity contribution in [2.45, 2.75) is 18.9 Å². The molecule has 100 valence electrons. The number of piperidine rings is 1. The van der Waals surface area contributed by atoms with Gasteiger partial charge in [-0.05, 0) is 51.0 Å². The van der Waals surface area contributed by atoms with Gasteiger partial charge in [0.1, 0.15) is 0 Å². The second kappa shape index (κ2) is 6.83. The van der Waals surface area contributed by atoms with Crippen molar-refractivity contribution in [3.05, 3.63) is 30.1 Å². The third-order valence-corrected chi connectivity index (χ3v) is 3.87. The van der Waals surface area contributed by atoms with Crippen molar-refractivity contribution in [3.63, 3.8) is 0 Å². The maximum atomic E-state index is 5.61. The van der Waals surface area contributed by atoms with E-state index < -0.39 is 0 Å². The molecule has 2 rings (SSSR count). The third kappa shape index (κ3) is 3.28. The summed E-state index contributed by atoms with van der Waals surface area (Å²) in [5, 5.41) is 3.43. The van der Waals surface area contributed by atoms with E-state index in [4.69, 9.17) is 5.73 Å². The Morgan fingerprint density at radius 2 is 2.22 bits per heavy atom. The monoisotopic (exact) mass is 248 g/mol. The predicted molar refractivity (Wildman–Crippen MR) is 74.3 cm³/mol. The van der Waals surface area contributed by atoms with Crippen molar-refractivity contribution >= 4 is 0 Å². The Hall–Kier alpha value is -0.970. The highest BCUT2D eigenvalue weighted by atomic mass is 15.1. The number of pyridine rings is 1. The molecule has 3 N–H and O–H groups in total. The first-order chi connectivity index (χ1) is 8.85. The van der Waals surface area contributed by atoms with Crippen LogP contribution in [0.5, 0.6) is 0 Å². The highest BCUT2D eigenvalue weighted by molar-refractivity contribution is 5.10. The average Bonchev–Trinajstić information content (AvgIpc) is 2.43. The number of nitrogens with one attached hydrogen (secondary N) is 1. The number of nitrogens with two attached hydrogens (primary N) is 1. The summed E-state index contributed by atoms with van der Waals surface area (Å²) >= 11 is 0. The van der Waals surface area contributed by atoms with Gasteiger partial charge in [0.2, 0.25) is 0 Å². The number of nitrogens with zero attached hydrogens (tertiary/aromatic N) is 2. The molecule has 1 atom stereocenters. The van der Waals surface area contributed by atoms with Crippen LogP contribution in [0, 0.1) is 5.92 Å². The Balaban J connectivity index is 1.95. The first-order valence-electron chi connectivity index (χ1n) is 6.85. The molecule has 1 unspecified atom stereocenters. The van der Waals surface area contributed by atoms with Crippen LogP contribution in [-0.2, 0) is 0 Å². The van der Waals surface area contributed by atoms with Crippen LogP contribution < -0.4 is 11.1 Å². The summed E-state index contributed by atoms with van der Waals surface area (Å²) in [4.78, 5) is 6.94. The van der Waals surface area contributed by atoms with Gasteiger partial charge < -0.3 is 16.0 Å². The molecule has 4 heteroatoms. The highest BCUT2D eigenvalue weighted by Gasteiger charge is 2.26. The van der Waals surface area contributed by atoms with Crippen LogP contribution in [0.4, 0.5) is 0 Å². The van der Waals surface area contributed by atoms with Crippen LogP contribution in [0.1, 0.15) is 24.6 Å². The van der Waals surface area contributed by atoms with Gasteiger partial charge in [0.05, 0.1) is 11.7 Å². The van der Waals surface area contributed by atoms with Crippen LogP contribution >= 0.6 is 0 Å². The van der Waals surface area contributed by atoms with Crippen molar-refractivity contribution in [1.29, 1.82) is 0 Å². The Morgan fingerprint density at radius 3 is 2.78 bits per heavy atom. The zero-order valence-corrected chi connectivity index (χ0v) is 11.2. The fourth-order valence-electron chi connectivity index (χ4n) is 2.88. The van der Waals surface area contributed by atoms with Crippen molar-refractivity contribution in [1.82, 2.24) is 15.2 Å². The van der Waals surface area contributed by atoms with E-state index in [0.717, 1.165) is 31.9 Å². The molecular weight excluding hydrogens is 224 g/mol. The largest absolute Gasteiger partial charge is 0.329 e. The number of rotatable bonds is 5. The number of aromatic nitrogens is 1. The molecule has 4 nitrogen and oxygen atoms in total. The first kappa shape index (κ1) is 13.5. The molecule has 2 heterocycles. The van der Waals surface area contributed by atoms with E-state index in [0.29, 0.717) is 12.0 Å². The molecule has 0 radical (unpaired) electrons. The van der Waals surface area contributed by atoms with Crippen LogP contribution in [0.15, 0.2) is 24.4 Å². The molecule has 1 aliphatic heterocycles. The van der Waals surface area contributed by atoms with Crippen LogP contribution in [0.3, 0.4) is 0 Å². The topological polar surface area (TPSA) is 54.2 Å². The normalized spacial score (nSPS) is 19.9. The summed E-state index contributed by atoms with van der Waals surface area (Å²) in [7, 11) is 2.03. The third-order valence-electron chi connectivity index (χ3n) is 3.87.